The molecule has 1 aromatic carbocycles. The molecule has 0 aromatic heterocycles. The molecule has 3 heterocycles. The summed E-state index contributed by atoms with van der Waals surface area (Å²) in [5, 5.41) is 10.5. The summed E-state index contributed by atoms with van der Waals surface area (Å²) < 4.78 is 11.9. The van der Waals surface area contributed by atoms with Gasteiger partial charge in [-0.05, 0) is 18.4 Å². The monoisotopic (exact) mass is 574 g/mol. The predicted octanol–water partition coefficient (Wildman–Crippen LogP) is 3.01. The van der Waals surface area contributed by atoms with E-state index in [-0.39, 0.29) is 29.9 Å². The van der Waals surface area contributed by atoms with Gasteiger partial charge < -0.3 is 24.4 Å². The molecule has 8 nitrogen and oxygen atoms in total. The van der Waals surface area contributed by atoms with Crippen LogP contribution in [0.3, 0.4) is 0 Å². The van der Waals surface area contributed by atoms with Crippen molar-refractivity contribution in [2.45, 2.75) is 54.8 Å². The van der Waals surface area contributed by atoms with Gasteiger partial charge in [-0.25, -0.2) is 0 Å². The molecule has 1 N–H and O–H groups in total. The van der Waals surface area contributed by atoms with Gasteiger partial charge in [0.15, 0.2) is 0 Å². The van der Waals surface area contributed by atoms with Crippen LogP contribution in [0.5, 0.6) is 0 Å². The summed E-state index contributed by atoms with van der Waals surface area (Å²) in [5.41, 5.74) is -0.523. The number of carbonyl (C=O) groups is 3. The summed E-state index contributed by atoms with van der Waals surface area (Å²) in [4.78, 5) is 44.7. The van der Waals surface area contributed by atoms with E-state index in [1.807, 2.05) is 37.3 Å². The number of nitrogens with zero attached hydrogens (tertiary/aromatic N) is 2. The highest BCUT2D eigenvalue weighted by Crippen LogP contribution is 2.61. The van der Waals surface area contributed by atoms with Crippen molar-refractivity contribution in [3.8, 4) is 0 Å². The van der Waals surface area contributed by atoms with Gasteiger partial charge in [0.1, 0.15) is 18.2 Å². The number of unbranched alkanes of at least 4 members (excludes halogenated alkanes) is 1. The van der Waals surface area contributed by atoms with Crippen LogP contribution in [0.15, 0.2) is 55.6 Å². The molecule has 3 aliphatic rings. The van der Waals surface area contributed by atoms with E-state index in [1.54, 1.807) is 11.0 Å². The number of alkyl halides is 1. The van der Waals surface area contributed by atoms with Crippen LogP contribution in [0.2, 0.25) is 0 Å². The van der Waals surface area contributed by atoms with Crippen LogP contribution >= 0.6 is 15.9 Å². The summed E-state index contributed by atoms with van der Waals surface area (Å²) in [6.07, 6.45) is 4.61. The van der Waals surface area contributed by atoms with Crippen molar-refractivity contribution < 1.29 is 29.0 Å². The first-order valence-corrected chi connectivity index (χ1v) is 13.7. The lowest BCUT2D eigenvalue weighted by Crippen LogP contribution is -2.57. The largest absolute Gasteiger partial charge is 0.461 e. The molecule has 0 radical (unpaired) electrons. The molecule has 3 aliphatic heterocycles. The van der Waals surface area contributed by atoms with E-state index in [2.05, 4.69) is 29.1 Å². The lowest BCUT2D eigenvalue weighted by atomic mass is 9.70. The number of hydrogen-bond acceptors (Lipinski definition) is 6. The number of aliphatic hydroxyl groups excluding tert-OH is 1. The zero-order chi connectivity index (χ0) is 26.7. The number of fused-ring (bicyclic) bond motifs is 1. The predicted molar refractivity (Wildman–Crippen MR) is 142 cm³/mol. The number of rotatable bonds is 12. The van der Waals surface area contributed by atoms with Gasteiger partial charge in [-0.15, -0.1) is 6.58 Å². The van der Waals surface area contributed by atoms with Crippen LogP contribution in [0.1, 0.15) is 37.8 Å². The number of aliphatic hydroxyl groups is 1. The molecule has 3 fully saturated rings. The van der Waals surface area contributed by atoms with Crippen LogP contribution in [-0.4, -0.2) is 81.6 Å². The number of carbonyl (C=O) groups excluding carboxylic acids is 3. The molecular weight excluding hydrogens is 540 g/mol. The fourth-order valence-electron chi connectivity index (χ4n) is 6.19. The molecule has 7 atom stereocenters. The van der Waals surface area contributed by atoms with Crippen LogP contribution < -0.4 is 0 Å². The minimum atomic E-state index is -1.22. The van der Waals surface area contributed by atoms with E-state index >= 15 is 0 Å². The van der Waals surface area contributed by atoms with Gasteiger partial charge >= 0.3 is 5.97 Å². The Bertz CT molecular complexity index is 1030. The maximum atomic E-state index is 14.3. The van der Waals surface area contributed by atoms with Gasteiger partial charge in [-0.3, -0.25) is 14.4 Å². The van der Waals surface area contributed by atoms with Gasteiger partial charge in [-0.1, -0.05) is 78.3 Å². The summed E-state index contributed by atoms with van der Waals surface area (Å²) in [6.45, 7) is 9.92. The van der Waals surface area contributed by atoms with Crippen molar-refractivity contribution in [3.63, 3.8) is 0 Å². The van der Waals surface area contributed by atoms with Gasteiger partial charge in [0.05, 0.1) is 30.6 Å². The number of esters is 1. The topological polar surface area (TPSA) is 96.4 Å². The zero-order valence-corrected chi connectivity index (χ0v) is 22.7. The SMILES string of the molecule is C=CCOC(=O)[C@H]1[C@@H]2OC3(CC2Br)C(C(=O)N(CC=C)CCCC)N([C@H](CO)c2ccccc2)C(=O)[C@H]13. The Morgan fingerprint density at radius 2 is 2.05 bits per heavy atom. The molecule has 2 amide bonds. The highest BCUT2D eigenvalue weighted by atomic mass is 79.9. The summed E-state index contributed by atoms with van der Waals surface area (Å²) in [5.74, 6) is -2.95. The number of halogens is 1. The first-order valence-electron chi connectivity index (χ1n) is 12.8. The van der Waals surface area contributed by atoms with Crippen molar-refractivity contribution in [2.75, 3.05) is 26.3 Å². The molecule has 200 valence electrons. The van der Waals surface area contributed by atoms with E-state index in [0.29, 0.717) is 25.1 Å². The fraction of sp³-hybridized carbons (Fsp3) is 0.536. The molecule has 1 aromatic rings. The molecule has 0 saturated carbocycles. The van der Waals surface area contributed by atoms with Crippen LogP contribution in [0.4, 0.5) is 0 Å². The molecular formula is C28H35BrN2O6. The molecule has 37 heavy (non-hydrogen) atoms. The molecule has 3 unspecified atom stereocenters. The number of likely N-dealkylation sites (tertiary alicyclic amines) is 1. The van der Waals surface area contributed by atoms with E-state index in [4.69, 9.17) is 9.47 Å². The van der Waals surface area contributed by atoms with Gasteiger partial charge in [0.2, 0.25) is 11.8 Å². The second-order valence-electron chi connectivity index (χ2n) is 9.86. The van der Waals surface area contributed by atoms with Crippen molar-refractivity contribution in [2.24, 2.45) is 11.8 Å². The van der Waals surface area contributed by atoms with Gasteiger partial charge in [0, 0.05) is 17.9 Å². The molecule has 0 aliphatic carbocycles. The fourth-order valence-corrected chi connectivity index (χ4v) is 7.13. The number of ether oxygens (including phenoxy) is 2. The van der Waals surface area contributed by atoms with Crippen molar-refractivity contribution in [1.29, 1.82) is 0 Å². The third-order valence-corrected chi connectivity index (χ3v) is 8.56. The Hall–Kier alpha value is -2.49. The normalized spacial score (nSPS) is 30.6. The standard InChI is InChI=1S/C28H35BrN2O6/c1-4-7-14-30(13-5-2)26(34)24-28-16-19(29)23(37-28)21(27(35)36-15-6-3)22(28)25(33)31(24)20(17-32)18-11-9-8-10-12-18/h5-6,8-12,19-24,32H,2-4,7,13-17H2,1H3/t19?,20-,21-,22+,23-,24?,28?/m1/s1. The third-order valence-electron chi connectivity index (χ3n) is 7.71. The highest BCUT2D eigenvalue weighted by Gasteiger charge is 2.77. The van der Waals surface area contributed by atoms with E-state index in [9.17, 15) is 19.5 Å². The average Bonchev–Trinajstić information content (AvgIpc) is 3.49. The summed E-state index contributed by atoms with van der Waals surface area (Å²) in [7, 11) is 0. The second kappa shape index (κ2) is 11.5. The Morgan fingerprint density at radius 3 is 2.68 bits per heavy atom. The van der Waals surface area contributed by atoms with Gasteiger partial charge in [0.25, 0.3) is 0 Å². The molecule has 4 rings (SSSR count). The van der Waals surface area contributed by atoms with Crippen molar-refractivity contribution in [3.05, 3.63) is 61.2 Å². The third kappa shape index (κ3) is 4.66. The van der Waals surface area contributed by atoms with Crippen molar-refractivity contribution in [1.82, 2.24) is 9.80 Å². The average molecular weight is 576 g/mol. The second-order valence-corrected chi connectivity index (χ2v) is 11.0. The number of hydrogen-bond donors (Lipinski definition) is 1. The van der Waals surface area contributed by atoms with E-state index in [0.717, 1.165) is 12.8 Å². The van der Waals surface area contributed by atoms with Crippen LogP contribution in [0.25, 0.3) is 0 Å². The Kier molecular flexibility index (Phi) is 8.56. The number of benzene rings is 1. The van der Waals surface area contributed by atoms with E-state index in [1.165, 1.54) is 11.0 Å². The molecule has 2 bridgehead atoms. The van der Waals surface area contributed by atoms with Gasteiger partial charge in [-0.2, -0.15) is 0 Å². The minimum absolute atomic E-state index is 0.0163. The summed E-state index contributed by atoms with van der Waals surface area (Å²) >= 11 is 3.66. The lowest BCUT2D eigenvalue weighted by molar-refractivity contribution is -0.155. The zero-order valence-electron chi connectivity index (χ0n) is 21.1. The maximum absolute atomic E-state index is 14.3. The first kappa shape index (κ1) is 27.5. The molecule has 3 saturated heterocycles. The summed E-state index contributed by atoms with van der Waals surface area (Å²) in [6, 6.07) is 7.35. The lowest BCUT2D eigenvalue weighted by Gasteiger charge is -2.39. The van der Waals surface area contributed by atoms with Crippen molar-refractivity contribution >= 4 is 33.7 Å². The quantitative estimate of drug-likeness (QED) is 0.234. The smallest absolute Gasteiger partial charge is 0.312 e. The van der Waals surface area contributed by atoms with E-state index < -0.39 is 41.6 Å². The maximum Gasteiger partial charge on any atom is 0.312 e. The molecule has 9 heteroatoms. The highest BCUT2D eigenvalue weighted by molar-refractivity contribution is 9.09. The molecule has 1 spiro atoms. The Morgan fingerprint density at radius 1 is 1.32 bits per heavy atom. The minimum Gasteiger partial charge on any atom is -0.461 e. The Balaban J connectivity index is 1.83. The van der Waals surface area contributed by atoms with Crippen LogP contribution in [-0.2, 0) is 23.9 Å². The van der Waals surface area contributed by atoms with Crippen LogP contribution in [0, 0.1) is 11.8 Å². The first-order chi connectivity index (χ1) is 17.9. The Labute approximate surface area is 226 Å². The number of amides is 2.